The number of amides is 1. The molecule has 1 amide bonds. The Hall–Kier alpha value is -3.79. The van der Waals surface area contributed by atoms with Crippen LogP contribution >= 0.6 is 22.9 Å². The molecule has 0 unspecified atom stereocenters. The van der Waals surface area contributed by atoms with Crippen molar-refractivity contribution in [3.05, 3.63) is 34.9 Å². The van der Waals surface area contributed by atoms with E-state index in [0.717, 1.165) is 50.1 Å². The lowest BCUT2D eigenvalue weighted by Gasteiger charge is -2.44. The number of rotatable bonds is 6. The molecule has 3 aliphatic heterocycles. The van der Waals surface area contributed by atoms with E-state index in [1.165, 1.54) is 12.1 Å². The highest BCUT2D eigenvalue weighted by molar-refractivity contribution is 7.22. The number of fused-ring (bicyclic) bond motifs is 3. The predicted octanol–water partition coefficient (Wildman–Crippen LogP) is 5.10. The molecule has 2 aromatic carbocycles. The first kappa shape index (κ1) is 29.0. The van der Waals surface area contributed by atoms with E-state index < -0.39 is 11.6 Å². The zero-order chi connectivity index (χ0) is 30.7. The van der Waals surface area contributed by atoms with Gasteiger partial charge in [-0.15, -0.1) is 0 Å². The first-order chi connectivity index (χ1) is 21.2. The van der Waals surface area contributed by atoms with Crippen LogP contribution in [0.25, 0.3) is 32.2 Å². The second-order valence-electron chi connectivity index (χ2n) is 11.7. The maximum Gasteiger partial charge on any atom is 0.319 e. The maximum absolute atomic E-state index is 16.7. The summed E-state index contributed by atoms with van der Waals surface area (Å²) in [6.07, 6.45) is 4.29. The van der Waals surface area contributed by atoms with Crippen LogP contribution in [-0.4, -0.2) is 82.1 Å². The summed E-state index contributed by atoms with van der Waals surface area (Å²) >= 11 is 7.75. The second-order valence-corrected chi connectivity index (χ2v) is 13.1. The molecule has 44 heavy (non-hydrogen) atoms. The molecule has 5 heterocycles. The van der Waals surface area contributed by atoms with Gasteiger partial charge in [0.25, 0.3) is 5.91 Å². The Labute approximate surface area is 262 Å². The van der Waals surface area contributed by atoms with Gasteiger partial charge in [-0.3, -0.25) is 9.69 Å². The Morgan fingerprint density at radius 2 is 1.95 bits per heavy atom. The number of hydrogen-bond donors (Lipinski definition) is 1. The number of nitrogen functional groups attached to an aromatic ring is 1. The minimum Gasteiger partial charge on any atom is -0.461 e. The van der Waals surface area contributed by atoms with E-state index in [9.17, 15) is 9.18 Å². The van der Waals surface area contributed by atoms with E-state index in [1.54, 1.807) is 24.9 Å². The van der Waals surface area contributed by atoms with Crippen LogP contribution in [0.2, 0.25) is 5.02 Å². The predicted molar refractivity (Wildman–Crippen MR) is 168 cm³/mol. The van der Waals surface area contributed by atoms with Crippen LogP contribution in [0.3, 0.4) is 0 Å². The monoisotopic (exact) mass is 637 g/mol. The molecule has 0 atom stereocenters. The highest BCUT2D eigenvalue weighted by atomic mass is 35.5. The molecular formula is C31H30ClF2N7O2S. The molecular weight excluding hydrogens is 608 g/mol. The smallest absolute Gasteiger partial charge is 0.319 e. The van der Waals surface area contributed by atoms with Gasteiger partial charge < -0.3 is 20.3 Å². The van der Waals surface area contributed by atoms with Gasteiger partial charge in [-0.1, -0.05) is 28.9 Å². The first-order valence-electron chi connectivity index (χ1n) is 14.6. The van der Waals surface area contributed by atoms with E-state index in [-0.39, 0.29) is 54.9 Å². The Bertz CT molecular complexity index is 1870. The highest BCUT2D eigenvalue weighted by Gasteiger charge is 2.45. The lowest BCUT2D eigenvalue weighted by molar-refractivity contribution is -0.126. The van der Waals surface area contributed by atoms with Gasteiger partial charge in [0.15, 0.2) is 10.9 Å². The van der Waals surface area contributed by atoms with E-state index in [1.807, 2.05) is 4.90 Å². The Balaban J connectivity index is 1.31. The minimum absolute atomic E-state index is 0.0296. The summed E-state index contributed by atoms with van der Waals surface area (Å²) in [6, 6.07) is 4.30. The lowest BCUT2D eigenvalue weighted by Crippen LogP contribution is -2.60. The summed E-state index contributed by atoms with van der Waals surface area (Å²) in [5.41, 5.74) is 6.46. The number of carbonyl (C=O) groups excluding carboxylic acids is 1. The number of thiazole rings is 1. The highest BCUT2D eigenvalue weighted by Crippen LogP contribution is 2.44. The number of aromatic nitrogens is 3. The topological polar surface area (TPSA) is 101 Å². The fourth-order valence-electron chi connectivity index (χ4n) is 6.80. The van der Waals surface area contributed by atoms with Crippen molar-refractivity contribution in [2.45, 2.75) is 44.2 Å². The van der Waals surface area contributed by atoms with Gasteiger partial charge in [0.2, 0.25) is 0 Å². The van der Waals surface area contributed by atoms with Crippen molar-refractivity contribution in [1.29, 1.82) is 0 Å². The van der Waals surface area contributed by atoms with Crippen molar-refractivity contribution < 1.29 is 18.3 Å². The molecule has 3 fully saturated rings. The van der Waals surface area contributed by atoms with Gasteiger partial charge in [-0.25, -0.2) is 13.8 Å². The van der Waals surface area contributed by atoms with Crippen LogP contribution in [0.5, 0.6) is 6.01 Å². The van der Waals surface area contributed by atoms with Crippen LogP contribution < -0.4 is 15.4 Å². The molecule has 3 saturated heterocycles. The van der Waals surface area contributed by atoms with Crippen molar-refractivity contribution in [3.8, 4) is 29.0 Å². The molecule has 0 radical (unpaired) electrons. The van der Waals surface area contributed by atoms with E-state index in [2.05, 4.69) is 26.7 Å². The molecule has 13 heteroatoms. The first-order valence-corrected chi connectivity index (χ1v) is 15.8. The number of hydrogen-bond acceptors (Lipinski definition) is 9. The van der Waals surface area contributed by atoms with Crippen molar-refractivity contribution >= 4 is 60.9 Å². The Kier molecular flexibility index (Phi) is 7.22. The molecule has 3 aliphatic rings. The van der Waals surface area contributed by atoms with Crippen LogP contribution in [-0.2, 0) is 4.79 Å². The molecule has 2 aromatic heterocycles. The summed E-state index contributed by atoms with van der Waals surface area (Å²) in [6.45, 7) is 5.05. The van der Waals surface area contributed by atoms with Gasteiger partial charge in [0.05, 0.1) is 26.8 Å². The minimum atomic E-state index is -0.690. The van der Waals surface area contributed by atoms with Gasteiger partial charge in [-0.05, 0) is 69.8 Å². The number of carbonyl (C=O) groups is 1. The third-order valence-electron chi connectivity index (χ3n) is 9.17. The Morgan fingerprint density at radius 1 is 1.20 bits per heavy atom. The number of ether oxygens (including phenoxy) is 1. The van der Waals surface area contributed by atoms with Gasteiger partial charge in [0, 0.05) is 36.7 Å². The summed E-state index contributed by atoms with van der Waals surface area (Å²) in [5, 5.41) is 0.668. The number of nitrogens with two attached hydrogens (primary N) is 1. The molecule has 0 bridgehead atoms. The summed E-state index contributed by atoms with van der Waals surface area (Å²) in [4.78, 5) is 32.0. The van der Waals surface area contributed by atoms with E-state index in [0.29, 0.717) is 36.5 Å². The summed E-state index contributed by atoms with van der Waals surface area (Å²) < 4.78 is 37.8. The van der Waals surface area contributed by atoms with E-state index in [4.69, 9.17) is 27.1 Å². The fourth-order valence-corrected chi connectivity index (χ4v) is 7.86. The van der Waals surface area contributed by atoms with Crippen LogP contribution in [0.15, 0.2) is 18.2 Å². The quantitative estimate of drug-likeness (QED) is 0.292. The lowest BCUT2D eigenvalue weighted by atomic mass is 9.95. The Morgan fingerprint density at radius 3 is 2.68 bits per heavy atom. The molecule has 0 saturated carbocycles. The molecule has 7 rings (SSSR count). The summed E-state index contributed by atoms with van der Waals surface area (Å²) in [7, 11) is 1.72. The maximum atomic E-state index is 16.7. The molecule has 4 aromatic rings. The third-order valence-corrected chi connectivity index (χ3v) is 10.4. The van der Waals surface area contributed by atoms with Gasteiger partial charge in [-0.2, -0.15) is 9.97 Å². The van der Waals surface area contributed by atoms with Gasteiger partial charge >= 0.3 is 6.01 Å². The number of likely N-dealkylation sites (N-methyl/N-ethyl adjacent to an activating group) is 1. The zero-order valence-electron chi connectivity index (χ0n) is 24.3. The summed E-state index contributed by atoms with van der Waals surface area (Å²) in [5.74, 6) is 4.22. The molecule has 0 aliphatic carbocycles. The van der Waals surface area contributed by atoms with Crippen LogP contribution in [0, 0.1) is 23.5 Å². The fraction of sp³-hybridized carbons (Fsp3) is 0.419. The van der Waals surface area contributed by atoms with Crippen molar-refractivity contribution in [3.63, 3.8) is 0 Å². The van der Waals surface area contributed by atoms with Crippen LogP contribution in [0.1, 0.15) is 32.6 Å². The molecule has 228 valence electrons. The largest absolute Gasteiger partial charge is 0.461 e. The molecule has 0 spiro atoms. The average Bonchev–Trinajstić information content (AvgIpc) is 3.67. The van der Waals surface area contributed by atoms with E-state index >= 15 is 4.39 Å². The molecule has 2 N–H and O–H groups in total. The average molecular weight is 638 g/mol. The number of halogens is 3. The van der Waals surface area contributed by atoms with Gasteiger partial charge in [0.1, 0.15) is 23.8 Å². The third kappa shape index (κ3) is 4.69. The normalized spacial score (nSPS) is 17.9. The standard InChI is InChI=1S/C31H30ClF2N7O2S/c1-3-6-22(42)39(2)17-14-40(15-17)28-19-13-20(32)23(18-7-8-21(33)27-26(18)36-29(35)44-27)24(34)25(19)37-30(38-28)43-16-31-9-4-11-41(31)12-5-10-31/h7-8,13,17H,4-5,9-12,14-16H2,1-2H3,(H2,35,36). The SMILES string of the molecule is CC#CC(=O)N(C)C1CN(c2nc(OCC34CCCN3CCC4)nc3c(F)c(-c4ccc(F)c5sc(N)nc45)c(Cl)cc23)C1. The number of benzene rings is 2. The van der Waals surface area contributed by atoms with Crippen LogP contribution in [0.4, 0.5) is 19.7 Å². The zero-order valence-corrected chi connectivity index (χ0v) is 25.9. The second kappa shape index (κ2) is 11.0. The van der Waals surface area contributed by atoms with Crippen molar-refractivity contribution in [1.82, 2.24) is 24.8 Å². The number of nitrogens with zero attached hydrogens (tertiary/aromatic N) is 6. The van der Waals surface area contributed by atoms with Crippen molar-refractivity contribution in [2.75, 3.05) is 50.5 Å². The number of anilines is 2. The van der Waals surface area contributed by atoms with Crippen molar-refractivity contribution in [2.24, 2.45) is 0 Å². The molecule has 9 nitrogen and oxygen atoms in total.